The fourth-order valence-corrected chi connectivity index (χ4v) is 2.74. The van der Waals surface area contributed by atoms with Gasteiger partial charge in [0.15, 0.2) is 0 Å². The molecule has 1 N–H and O–H groups in total. The molecule has 0 heterocycles. The Labute approximate surface area is 156 Å². The first-order valence-electron chi connectivity index (χ1n) is 8.32. The first kappa shape index (κ1) is 18.0. The van der Waals surface area contributed by atoms with E-state index in [1.54, 1.807) is 12.1 Å². The van der Waals surface area contributed by atoms with E-state index in [9.17, 15) is 14.9 Å². The van der Waals surface area contributed by atoms with Crippen molar-refractivity contribution in [2.45, 2.75) is 5.92 Å². The normalized spacial score (nSPS) is 10.9. The molecule has 27 heavy (non-hydrogen) atoms. The molecule has 0 radical (unpaired) electrons. The van der Waals surface area contributed by atoms with Gasteiger partial charge < -0.3 is 0 Å². The molecule has 0 unspecified atom stereocenters. The van der Waals surface area contributed by atoms with Crippen LogP contribution in [0.3, 0.4) is 0 Å². The molecular formula is C21H17N3O3. The predicted molar refractivity (Wildman–Crippen MR) is 104 cm³/mol. The number of nitro groups is 1. The molecule has 3 aromatic carbocycles. The number of benzene rings is 3. The Morgan fingerprint density at radius 1 is 0.926 bits per heavy atom. The summed E-state index contributed by atoms with van der Waals surface area (Å²) in [5.41, 5.74) is 4.74. The average Bonchev–Trinajstić information content (AvgIpc) is 2.70. The van der Waals surface area contributed by atoms with Crippen LogP contribution in [0.5, 0.6) is 0 Å². The number of carbonyl (C=O) groups is 1. The number of carbonyl (C=O) groups excluding carboxylic acids is 1. The van der Waals surface area contributed by atoms with Crippen LogP contribution in [0.1, 0.15) is 22.6 Å². The number of hydrogen-bond donors (Lipinski definition) is 1. The van der Waals surface area contributed by atoms with E-state index in [0.29, 0.717) is 5.56 Å². The van der Waals surface area contributed by atoms with Crippen LogP contribution in [0, 0.1) is 10.1 Å². The van der Waals surface area contributed by atoms with Gasteiger partial charge in [-0.05, 0) is 11.1 Å². The van der Waals surface area contributed by atoms with Crippen LogP contribution in [-0.2, 0) is 4.79 Å². The van der Waals surface area contributed by atoms with E-state index in [-0.39, 0.29) is 11.6 Å². The lowest BCUT2D eigenvalue weighted by Crippen LogP contribution is -2.26. The third-order valence-corrected chi connectivity index (χ3v) is 4.00. The molecule has 0 aliphatic heterocycles. The van der Waals surface area contributed by atoms with Crippen molar-refractivity contribution in [2.75, 3.05) is 0 Å². The number of hydrazone groups is 1. The maximum absolute atomic E-state index is 12.8. The van der Waals surface area contributed by atoms with Gasteiger partial charge in [0.05, 0.1) is 17.1 Å². The molecule has 0 bridgehead atoms. The summed E-state index contributed by atoms with van der Waals surface area (Å²) >= 11 is 0. The summed E-state index contributed by atoms with van der Waals surface area (Å²) in [5, 5.41) is 14.8. The summed E-state index contributed by atoms with van der Waals surface area (Å²) in [6, 6.07) is 24.9. The summed E-state index contributed by atoms with van der Waals surface area (Å²) in [5.74, 6) is -0.788. The van der Waals surface area contributed by atoms with E-state index < -0.39 is 10.8 Å². The Morgan fingerprint density at radius 3 is 2.07 bits per heavy atom. The van der Waals surface area contributed by atoms with Crippen molar-refractivity contribution in [1.82, 2.24) is 5.43 Å². The smallest absolute Gasteiger partial charge is 0.270 e. The van der Waals surface area contributed by atoms with Gasteiger partial charge in [0.25, 0.3) is 11.6 Å². The molecular weight excluding hydrogens is 342 g/mol. The van der Waals surface area contributed by atoms with Crippen molar-refractivity contribution in [2.24, 2.45) is 5.10 Å². The molecule has 3 rings (SSSR count). The first-order valence-corrected chi connectivity index (χ1v) is 8.32. The highest BCUT2D eigenvalue weighted by Gasteiger charge is 2.22. The van der Waals surface area contributed by atoms with Gasteiger partial charge in [-0.25, -0.2) is 5.43 Å². The number of nitrogens with zero attached hydrogens (tertiary/aromatic N) is 2. The lowest BCUT2D eigenvalue weighted by Gasteiger charge is -2.16. The van der Waals surface area contributed by atoms with E-state index in [0.717, 1.165) is 11.1 Å². The largest absolute Gasteiger partial charge is 0.272 e. The van der Waals surface area contributed by atoms with Crippen molar-refractivity contribution in [3.05, 3.63) is 112 Å². The molecule has 3 aromatic rings. The van der Waals surface area contributed by atoms with Crippen molar-refractivity contribution in [3.8, 4) is 0 Å². The van der Waals surface area contributed by atoms with Crippen LogP contribution in [0.15, 0.2) is 90.0 Å². The van der Waals surface area contributed by atoms with Gasteiger partial charge in [0.1, 0.15) is 0 Å². The molecule has 0 fully saturated rings. The highest BCUT2D eigenvalue weighted by atomic mass is 16.6. The van der Waals surface area contributed by atoms with Crippen molar-refractivity contribution in [3.63, 3.8) is 0 Å². The molecule has 0 aliphatic rings. The number of rotatable bonds is 6. The summed E-state index contributed by atoms with van der Waals surface area (Å²) in [6.45, 7) is 0. The van der Waals surface area contributed by atoms with Crippen LogP contribution in [0.2, 0.25) is 0 Å². The molecule has 0 aliphatic carbocycles. The van der Waals surface area contributed by atoms with Gasteiger partial charge in [0, 0.05) is 17.7 Å². The summed E-state index contributed by atoms with van der Waals surface area (Å²) < 4.78 is 0. The Balaban J connectivity index is 1.79. The zero-order valence-corrected chi connectivity index (χ0v) is 14.4. The summed E-state index contributed by atoms with van der Waals surface area (Å²) in [4.78, 5) is 23.1. The van der Waals surface area contributed by atoms with Gasteiger partial charge in [-0.15, -0.1) is 0 Å². The quantitative estimate of drug-likeness (QED) is 0.412. The summed E-state index contributed by atoms with van der Waals surface area (Å²) in [6.07, 6.45) is 1.39. The highest BCUT2D eigenvalue weighted by Crippen LogP contribution is 2.24. The van der Waals surface area contributed by atoms with Crippen LogP contribution in [0.4, 0.5) is 5.69 Å². The minimum Gasteiger partial charge on any atom is -0.272 e. The zero-order valence-electron chi connectivity index (χ0n) is 14.4. The standard InChI is InChI=1S/C21H17N3O3/c25-21(23-22-15-16-8-7-13-19(14-16)24(26)27)20(17-9-3-1-4-10-17)18-11-5-2-6-12-18/h1-15,20H,(H,23,25)/b22-15-. The molecule has 134 valence electrons. The number of nitrogens with one attached hydrogen (secondary N) is 1. The monoisotopic (exact) mass is 359 g/mol. The average molecular weight is 359 g/mol. The molecule has 0 saturated heterocycles. The van der Waals surface area contributed by atoms with Gasteiger partial charge in [-0.3, -0.25) is 14.9 Å². The van der Waals surface area contributed by atoms with Crippen LogP contribution < -0.4 is 5.43 Å². The molecule has 1 amide bonds. The van der Waals surface area contributed by atoms with Crippen molar-refractivity contribution in [1.29, 1.82) is 0 Å². The second kappa shape index (κ2) is 8.53. The molecule has 0 aromatic heterocycles. The second-order valence-electron chi connectivity index (χ2n) is 5.84. The molecule has 0 saturated carbocycles. The number of hydrogen-bond acceptors (Lipinski definition) is 4. The van der Waals surface area contributed by atoms with Crippen LogP contribution in [0.25, 0.3) is 0 Å². The van der Waals surface area contributed by atoms with E-state index in [1.807, 2.05) is 60.7 Å². The third kappa shape index (κ3) is 4.64. The van der Waals surface area contributed by atoms with Gasteiger partial charge in [-0.2, -0.15) is 5.10 Å². The minimum absolute atomic E-state index is 0.0308. The van der Waals surface area contributed by atoms with E-state index in [2.05, 4.69) is 10.5 Å². The second-order valence-corrected chi connectivity index (χ2v) is 5.84. The lowest BCUT2D eigenvalue weighted by atomic mass is 9.91. The van der Waals surface area contributed by atoms with E-state index >= 15 is 0 Å². The fraction of sp³-hybridized carbons (Fsp3) is 0.0476. The first-order chi connectivity index (χ1) is 13.1. The third-order valence-electron chi connectivity index (χ3n) is 4.00. The number of non-ortho nitro benzene ring substituents is 1. The molecule has 0 atom stereocenters. The summed E-state index contributed by atoms with van der Waals surface area (Å²) in [7, 11) is 0. The Morgan fingerprint density at radius 2 is 1.52 bits per heavy atom. The number of amides is 1. The zero-order chi connectivity index (χ0) is 19.1. The van der Waals surface area contributed by atoms with Crippen molar-refractivity contribution >= 4 is 17.8 Å². The minimum atomic E-state index is -0.505. The fourth-order valence-electron chi connectivity index (χ4n) is 2.74. The van der Waals surface area contributed by atoms with Crippen LogP contribution >= 0.6 is 0 Å². The Hall–Kier alpha value is -3.80. The molecule has 6 heteroatoms. The van der Waals surface area contributed by atoms with E-state index in [1.165, 1.54) is 18.3 Å². The van der Waals surface area contributed by atoms with Crippen LogP contribution in [-0.4, -0.2) is 17.0 Å². The Bertz CT molecular complexity index is 917. The predicted octanol–water partition coefficient (Wildman–Crippen LogP) is 3.88. The Kier molecular flexibility index (Phi) is 5.69. The van der Waals surface area contributed by atoms with Gasteiger partial charge in [-0.1, -0.05) is 72.8 Å². The topological polar surface area (TPSA) is 84.6 Å². The van der Waals surface area contributed by atoms with Crippen molar-refractivity contribution < 1.29 is 9.72 Å². The van der Waals surface area contributed by atoms with Gasteiger partial charge >= 0.3 is 0 Å². The maximum atomic E-state index is 12.8. The van der Waals surface area contributed by atoms with Gasteiger partial charge in [0.2, 0.25) is 0 Å². The highest BCUT2D eigenvalue weighted by molar-refractivity contribution is 5.88. The number of nitro benzene ring substituents is 1. The van der Waals surface area contributed by atoms with E-state index in [4.69, 9.17) is 0 Å². The molecule has 0 spiro atoms. The molecule has 6 nitrogen and oxygen atoms in total. The lowest BCUT2D eigenvalue weighted by molar-refractivity contribution is -0.384. The maximum Gasteiger partial charge on any atom is 0.270 e. The SMILES string of the molecule is O=C(N/N=C\c1cccc([N+](=O)[O-])c1)C(c1ccccc1)c1ccccc1.